The lowest BCUT2D eigenvalue weighted by molar-refractivity contribution is -0.143. The van der Waals surface area contributed by atoms with Gasteiger partial charge >= 0.3 is 5.97 Å². The summed E-state index contributed by atoms with van der Waals surface area (Å²) in [6.45, 7) is 4.85. The van der Waals surface area contributed by atoms with Crippen LogP contribution in [0.4, 0.5) is 0 Å². The summed E-state index contributed by atoms with van der Waals surface area (Å²) in [5.74, 6) is -0.0997. The molecule has 0 aliphatic heterocycles. The molecule has 296 valence electrons. The van der Waals surface area contributed by atoms with Crippen molar-refractivity contribution in [2.45, 2.75) is 244 Å². The molecule has 6 nitrogen and oxygen atoms in total. The van der Waals surface area contributed by atoms with E-state index in [0.29, 0.717) is 25.9 Å². The topological polar surface area (TPSA) is 95.9 Å². The third-order valence-corrected chi connectivity index (χ3v) is 10.1. The molecule has 0 rings (SSSR count). The van der Waals surface area contributed by atoms with E-state index in [0.717, 1.165) is 57.8 Å². The summed E-state index contributed by atoms with van der Waals surface area (Å²) in [4.78, 5) is 24.3. The molecular weight excluding hydrogens is 622 g/mol. The van der Waals surface area contributed by atoms with Gasteiger partial charge in [0, 0.05) is 12.8 Å². The summed E-state index contributed by atoms with van der Waals surface area (Å²) >= 11 is 0. The van der Waals surface area contributed by atoms with Crippen molar-refractivity contribution in [3.63, 3.8) is 0 Å². The molecule has 50 heavy (non-hydrogen) atoms. The summed E-state index contributed by atoms with van der Waals surface area (Å²) < 4.78 is 5.43. The average Bonchev–Trinajstić information content (AvgIpc) is 3.11. The van der Waals surface area contributed by atoms with Crippen LogP contribution in [0.15, 0.2) is 12.2 Å². The fourth-order valence-electron chi connectivity index (χ4n) is 6.63. The van der Waals surface area contributed by atoms with Crippen molar-refractivity contribution >= 4 is 11.9 Å². The number of carbonyl (C=O) groups excluding carboxylic acids is 2. The van der Waals surface area contributed by atoms with Gasteiger partial charge in [0.05, 0.1) is 25.4 Å². The first-order chi connectivity index (χ1) is 24.5. The minimum atomic E-state index is -0.679. The van der Waals surface area contributed by atoms with E-state index < -0.39 is 12.1 Å². The molecule has 2 unspecified atom stereocenters. The molecule has 0 heterocycles. The molecule has 6 heteroatoms. The summed E-state index contributed by atoms with van der Waals surface area (Å²) in [6.07, 6.45) is 43.0. The smallest absolute Gasteiger partial charge is 0.305 e. The van der Waals surface area contributed by atoms with Crippen LogP contribution in [0.2, 0.25) is 0 Å². The van der Waals surface area contributed by atoms with Crippen molar-refractivity contribution in [1.29, 1.82) is 0 Å². The number of rotatable bonds is 40. The summed E-state index contributed by atoms with van der Waals surface area (Å²) in [7, 11) is 0. The number of esters is 1. The van der Waals surface area contributed by atoms with Crippen LogP contribution in [0.5, 0.6) is 0 Å². The quantitative estimate of drug-likeness (QED) is 0.0335. The lowest BCUT2D eigenvalue weighted by atomic mass is 10.0. The standard InChI is InChI=1S/C44H85NO5/c1-3-5-7-9-11-13-15-16-17-18-22-26-30-34-38-44(49)50-39-35-31-27-23-19-21-25-29-33-37-43(48)45-41(40-46)42(47)36-32-28-24-20-14-12-10-8-6-4-2/h15-16,41-42,46-47H,3-14,17-40H2,1-2H3,(H,45,48)/b16-15-. The first kappa shape index (κ1) is 48.6. The van der Waals surface area contributed by atoms with Crippen molar-refractivity contribution in [3.8, 4) is 0 Å². The molecule has 0 radical (unpaired) electrons. The van der Waals surface area contributed by atoms with E-state index in [4.69, 9.17) is 4.74 Å². The van der Waals surface area contributed by atoms with E-state index in [9.17, 15) is 19.8 Å². The minimum Gasteiger partial charge on any atom is -0.466 e. The number of hydrogen-bond acceptors (Lipinski definition) is 5. The van der Waals surface area contributed by atoms with Gasteiger partial charge in [0.1, 0.15) is 0 Å². The first-order valence-corrected chi connectivity index (χ1v) is 21.9. The molecule has 2 atom stereocenters. The number of hydrogen-bond donors (Lipinski definition) is 3. The van der Waals surface area contributed by atoms with Crippen LogP contribution < -0.4 is 5.32 Å². The van der Waals surface area contributed by atoms with Gasteiger partial charge in [0.25, 0.3) is 0 Å². The Morgan fingerprint density at radius 2 is 0.940 bits per heavy atom. The molecule has 1 amide bonds. The molecule has 0 aromatic carbocycles. The monoisotopic (exact) mass is 708 g/mol. The van der Waals surface area contributed by atoms with E-state index in [-0.39, 0.29) is 18.5 Å². The number of nitrogens with one attached hydrogen (secondary N) is 1. The molecule has 0 bridgehead atoms. The molecule has 0 spiro atoms. The van der Waals surface area contributed by atoms with E-state index in [1.165, 1.54) is 141 Å². The van der Waals surface area contributed by atoms with Crippen LogP contribution in [0, 0.1) is 0 Å². The van der Waals surface area contributed by atoms with Crippen LogP contribution in [-0.2, 0) is 14.3 Å². The third-order valence-electron chi connectivity index (χ3n) is 10.1. The number of allylic oxidation sites excluding steroid dienone is 2. The van der Waals surface area contributed by atoms with Crippen LogP contribution >= 0.6 is 0 Å². The van der Waals surface area contributed by atoms with Gasteiger partial charge < -0.3 is 20.3 Å². The number of amides is 1. The highest BCUT2D eigenvalue weighted by molar-refractivity contribution is 5.76. The van der Waals surface area contributed by atoms with Crippen molar-refractivity contribution in [1.82, 2.24) is 5.32 Å². The second-order valence-electron chi connectivity index (χ2n) is 15.0. The second-order valence-corrected chi connectivity index (χ2v) is 15.0. The van der Waals surface area contributed by atoms with Crippen molar-refractivity contribution in [2.24, 2.45) is 0 Å². The zero-order chi connectivity index (χ0) is 36.6. The van der Waals surface area contributed by atoms with Crippen LogP contribution in [0.1, 0.15) is 232 Å². The van der Waals surface area contributed by atoms with E-state index in [2.05, 4.69) is 31.3 Å². The van der Waals surface area contributed by atoms with E-state index >= 15 is 0 Å². The third kappa shape index (κ3) is 36.4. The predicted molar refractivity (Wildman–Crippen MR) is 213 cm³/mol. The van der Waals surface area contributed by atoms with Crippen LogP contribution in [-0.4, -0.2) is 47.4 Å². The largest absolute Gasteiger partial charge is 0.466 e. The van der Waals surface area contributed by atoms with Crippen LogP contribution in [0.3, 0.4) is 0 Å². The fraction of sp³-hybridized carbons (Fsp3) is 0.909. The predicted octanol–water partition coefficient (Wildman–Crippen LogP) is 12.2. The Morgan fingerprint density at radius 3 is 1.42 bits per heavy atom. The van der Waals surface area contributed by atoms with E-state index in [1.807, 2.05) is 0 Å². The van der Waals surface area contributed by atoms with Crippen molar-refractivity contribution in [3.05, 3.63) is 12.2 Å². The molecule has 0 fully saturated rings. The maximum atomic E-state index is 12.4. The highest BCUT2D eigenvalue weighted by Crippen LogP contribution is 2.15. The van der Waals surface area contributed by atoms with Gasteiger partial charge in [0.2, 0.25) is 5.91 Å². The first-order valence-electron chi connectivity index (χ1n) is 21.9. The number of unbranched alkanes of at least 4 members (excludes halogenated alkanes) is 27. The Balaban J connectivity index is 3.49. The Morgan fingerprint density at radius 1 is 0.540 bits per heavy atom. The lowest BCUT2D eigenvalue weighted by Crippen LogP contribution is -2.45. The second kappa shape index (κ2) is 40.4. The molecule has 0 aliphatic carbocycles. The highest BCUT2D eigenvalue weighted by atomic mass is 16.5. The maximum Gasteiger partial charge on any atom is 0.305 e. The normalized spacial score (nSPS) is 12.8. The zero-order valence-electron chi connectivity index (χ0n) is 33.4. The van der Waals surface area contributed by atoms with Gasteiger partial charge in [0.15, 0.2) is 0 Å². The van der Waals surface area contributed by atoms with Gasteiger partial charge in [-0.3, -0.25) is 9.59 Å². The molecule has 0 saturated heterocycles. The summed E-state index contributed by atoms with van der Waals surface area (Å²) in [5.41, 5.74) is 0. The molecular formula is C44H85NO5. The molecule has 0 aromatic heterocycles. The fourth-order valence-corrected chi connectivity index (χ4v) is 6.63. The summed E-state index contributed by atoms with van der Waals surface area (Å²) in [6, 6.07) is -0.559. The molecule has 0 aromatic rings. The maximum absolute atomic E-state index is 12.4. The number of ether oxygens (including phenoxy) is 1. The number of carbonyl (C=O) groups is 2. The van der Waals surface area contributed by atoms with Gasteiger partial charge in [-0.15, -0.1) is 0 Å². The Bertz CT molecular complexity index is 742. The Hall–Kier alpha value is -1.40. The summed E-state index contributed by atoms with van der Waals surface area (Å²) in [5, 5.41) is 23.0. The highest BCUT2D eigenvalue weighted by Gasteiger charge is 2.20. The molecule has 0 aliphatic rings. The van der Waals surface area contributed by atoms with Gasteiger partial charge in [-0.05, 0) is 51.4 Å². The van der Waals surface area contributed by atoms with Gasteiger partial charge in [-0.2, -0.15) is 0 Å². The lowest BCUT2D eigenvalue weighted by Gasteiger charge is -2.22. The SMILES string of the molecule is CCCCCCC/C=C\CCCCCCCC(=O)OCCCCCCCCCCCC(=O)NC(CO)C(O)CCCCCCCCCCCC. The van der Waals surface area contributed by atoms with Gasteiger partial charge in [-0.25, -0.2) is 0 Å². The molecule has 3 N–H and O–H groups in total. The zero-order valence-corrected chi connectivity index (χ0v) is 33.4. The minimum absolute atomic E-state index is 0.0343. The molecule has 0 saturated carbocycles. The van der Waals surface area contributed by atoms with Gasteiger partial charge in [-0.1, -0.05) is 180 Å². The Kier molecular flexibility index (Phi) is 39.2. The average molecular weight is 708 g/mol. The van der Waals surface area contributed by atoms with E-state index in [1.54, 1.807) is 0 Å². The number of aliphatic hydroxyl groups excluding tert-OH is 2. The Labute approximate surface area is 310 Å². The number of aliphatic hydroxyl groups is 2. The van der Waals surface area contributed by atoms with Crippen LogP contribution in [0.25, 0.3) is 0 Å². The van der Waals surface area contributed by atoms with Crippen molar-refractivity contribution in [2.75, 3.05) is 13.2 Å². The van der Waals surface area contributed by atoms with Crippen molar-refractivity contribution < 1.29 is 24.5 Å².